The van der Waals surface area contributed by atoms with Crippen molar-refractivity contribution in [3.05, 3.63) is 30.1 Å². The van der Waals surface area contributed by atoms with Crippen molar-refractivity contribution >= 4 is 5.69 Å². The average molecular weight is 181 g/mol. The van der Waals surface area contributed by atoms with Crippen molar-refractivity contribution in [1.82, 2.24) is 0 Å². The van der Waals surface area contributed by atoms with Crippen LogP contribution in [0.2, 0.25) is 0 Å². The lowest BCUT2D eigenvalue weighted by molar-refractivity contribution is 0.104. The van der Waals surface area contributed by atoms with Crippen LogP contribution in [0.4, 0.5) is 10.1 Å². The van der Waals surface area contributed by atoms with Gasteiger partial charge in [-0.3, -0.25) is 0 Å². The lowest BCUT2D eigenvalue weighted by Crippen LogP contribution is -2.23. The lowest BCUT2D eigenvalue weighted by atomic mass is 10.3. The molecule has 0 radical (unpaired) electrons. The van der Waals surface area contributed by atoms with Gasteiger partial charge in [0.15, 0.2) is 0 Å². The van der Waals surface area contributed by atoms with E-state index in [0.29, 0.717) is 5.69 Å². The largest absolute Gasteiger partial charge is 0.359 e. The fourth-order valence-electron chi connectivity index (χ4n) is 1.30. The molecule has 3 heteroatoms. The van der Waals surface area contributed by atoms with Gasteiger partial charge in [0.2, 0.25) is 0 Å². The predicted molar refractivity (Wildman–Crippen MR) is 49.0 cm³/mol. The van der Waals surface area contributed by atoms with Gasteiger partial charge in [0.1, 0.15) is 11.5 Å². The van der Waals surface area contributed by atoms with Crippen LogP contribution in [0.3, 0.4) is 0 Å². The summed E-state index contributed by atoms with van der Waals surface area (Å²) in [5.74, 6) is -0.231. The fraction of sp³-hybridized carbons (Fsp3) is 0.400. The Kier molecular flexibility index (Phi) is 1.96. The molecule has 0 atom stereocenters. The van der Waals surface area contributed by atoms with E-state index in [9.17, 15) is 4.39 Å². The van der Waals surface area contributed by atoms with Crippen molar-refractivity contribution in [2.24, 2.45) is 0 Å². The first-order valence-electron chi connectivity index (χ1n) is 4.34. The van der Waals surface area contributed by atoms with Crippen LogP contribution in [0.5, 0.6) is 0 Å². The van der Waals surface area contributed by atoms with Gasteiger partial charge in [-0.15, -0.1) is 0 Å². The highest BCUT2D eigenvalue weighted by Gasteiger charge is 2.43. The Morgan fingerprint density at radius 3 is 2.62 bits per heavy atom. The molecular formula is C10H12FNO. The molecule has 0 aromatic heterocycles. The van der Waals surface area contributed by atoms with E-state index >= 15 is 0 Å². The van der Waals surface area contributed by atoms with Gasteiger partial charge in [0.25, 0.3) is 0 Å². The van der Waals surface area contributed by atoms with Crippen LogP contribution in [-0.2, 0) is 4.74 Å². The zero-order valence-electron chi connectivity index (χ0n) is 7.51. The summed E-state index contributed by atoms with van der Waals surface area (Å²) in [6.07, 6.45) is 1.88. The van der Waals surface area contributed by atoms with Gasteiger partial charge in [-0.2, -0.15) is 0 Å². The van der Waals surface area contributed by atoms with Crippen molar-refractivity contribution < 1.29 is 9.13 Å². The highest BCUT2D eigenvalue weighted by atomic mass is 19.1. The number of methoxy groups -OCH3 is 1. The Balaban J connectivity index is 2.14. The second-order valence-corrected chi connectivity index (χ2v) is 3.30. The van der Waals surface area contributed by atoms with E-state index in [0.717, 1.165) is 12.8 Å². The van der Waals surface area contributed by atoms with Crippen molar-refractivity contribution in [1.29, 1.82) is 0 Å². The van der Waals surface area contributed by atoms with Gasteiger partial charge < -0.3 is 10.1 Å². The normalized spacial score (nSPS) is 18.3. The van der Waals surface area contributed by atoms with Crippen molar-refractivity contribution in [3.63, 3.8) is 0 Å². The molecular weight excluding hydrogens is 169 g/mol. The summed E-state index contributed by atoms with van der Waals surface area (Å²) in [4.78, 5) is 0. The Labute approximate surface area is 76.7 Å². The zero-order chi connectivity index (χ0) is 9.31. The number of hydrogen-bond donors (Lipinski definition) is 1. The lowest BCUT2D eigenvalue weighted by Gasteiger charge is -2.16. The standard InChI is InChI=1S/C10H12FNO/c1-13-10(6-7-10)12-9-5-3-2-4-8(9)11/h2-5,12H,6-7H2,1H3. The number of ether oxygens (including phenoxy) is 1. The maximum atomic E-state index is 13.2. The predicted octanol–water partition coefficient (Wildman–Crippen LogP) is 2.37. The van der Waals surface area contributed by atoms with Gasteiger partial charge >= 0.3 is 0 Å². The summed E-state index contributed by atoms with van der Waals surface area (Å²) in [5, 5.41) is 3.05. The Morgan fingerprint density at radius 2 is 2.08 bits per heavy atom. The molecule has 1 N–H and O–H groups in total. The van der Waals surface area contributed by atoms with Crippen LogP contribution < -0.4 is 5.32 Å². The Bertz CT molecular complexity index is 310. The first-order valence-corrected chi connectivity index (χ1v) is 4.34. The molecule has 0 aliphatic heterocycles. The molecule has 0 bridgehead atoms. The molecule has 0 unspecified atom stereocenters. The van der Waals surface area contributed by atoms with Crippen LogP contribution in [0.1, 0.15) is 12.8 Å². The zero-order valence-corrected chi connectivity index (χ0v) is 7.51. The summed E-state index contributed by atoms with van der Waals surface area (Å²) < 4.78 is 18.4. The van der Waals surface area contributed by atoms with E-state index in [1.54, 1.807) is 25.3 Å². The molecule has 1 aliphatic carbocycles. The van der Waals surface area contributed by atoms with E-state index in [-0.39, 0.29) is 11.5 Å². The van der Waals surface area contributed by atoms with Gasteiger partial charge in [-0.05, 0) is 25.0 Å². The monoisotopic (exact) mass is 181 g/mol. The molecule has 1 saturated carbocycles. The fourth-order valence-corrected chi connectivity index (χ4v) is 1.30. The van der Waals surface area contributed by atoms with Crippen LogP contribution >= 0.6 is 0 Å². The molecule has 1 aromatic rings. The Hall–Kier alpha value is -1.09. The molecule has 1 aliphatic rings. The van der Waals surface area contributed by atoms with Gasteiger partial charge in [0.05, 0.1) is 5.69 Å². The van der Waals surface area contributed by atoms with Crippen LogP contribution in [-0.4, -0.2) is 12.8 Å². The molecule has 0 heterocycles. The quantitative estimate of drug-likeness (QED) is 0.723. The first-order chi connectivity index (χ1) is 6.26. The van der Waals surface area contributed by atoms with E-state index < -0.39 is 0 Å². The number of benzene rings is 1. The summed E-state index contributed by atoms with van der Waals surface area (Å²) in [7, 11) is 1.64. The van der Waals surface area contributed by atoms with Gasteiger partial charge in [0, 0.05) is 7.11 Å². The minimum absolute atomic E-state index is 0.231. The highest BCUT2D eigenvalue weighted by Crippen LogP contribution is 2.39. The third kappa shape index (κ3) is 1.65. The number of rotatable bonds is 3. The third-order valence-electron chi connectivity index (χ3n) is 2.33. The summed E-state index contributed by atoms with van der Waals surface area (Å²) >= 11 is 0. The number of nitrogens with one attached hydrogen (secondary N) is 1. The van der Waals surface area contributed by atoms with E-state index in [1.165, 1.54) is 6.07 Å². The first kappa shape index (κ1) is 8.51. The SMILES string of the molecule is COC1(Nc2ccccc2F)CC1. The number of para-hydroxylation sites is 1. The molecule has 0 amide bonds. The smallest absolute Gasteiger partial charge is 0.146 e. The van der Waals surface area contributed by atoms with Crippen LogP contribution in [0.15, 0.2) is 24.3 Å². The van der Waals surface area contributed by atoms with Gasteiger partial charge in [-0.1, -0.05) is 12.1 Å². The third-order valence-corrected chi connectivity index (χ3v) is 2.33. The topological polar surface area (TPSA) is 21.3 Å². The average Bonchev–Trinajstić information content (AvgIpc) is 2.90. The molecule has 2 rings (SSSR count). The van der Waals surface area contributed by atoms with Crippen molar-refractivity contribution in [3.8, 4) is 0 Å². The second-order valence-electron chi connectivity index (χ2n) is 3.30. The van der Waals surface area contributed by atoms with Crippen molar-refractivity contribution in [2.45, 2.75) is 18.6 Å². The van der Waals surface area contributed by atoms with E-state index in [2.05, 4.69) is 5.32 Å². The summed E-state index contributed by atoms with van der Waals surface area (Å²) in [6.45, 7) is 0. The number of anilines is 1. The maximum Gasteiger partial charge on any atom is 0.146 e. The molecule has 2 nitrogen and oxygen atoms in total. The minimum Gasteiger partial charge on any atom is -0.359 e. The molecule has 13 heavy (non-hydrogen) atoms. The number of hydrogen-bond acceptors (Lipinski definition) is 2. The molecule has 1 fully saturated rings. The van der Waals surface area contributed by atoms with Crippen LogP contribution in [0, 0.1) is 5.82 Å². The van der Waals surface area contributed by atoms with Crippen molar-refractivity contribution in [2.75, 3.05) is 12.4 Å². The molecule has 1 aromatic carbocycles. The highest BCUT2D eigenvalue weighted by molar-refractivity contribution is 5.47. The van der Waals surface area contributed by atoms with Gasteiger partial charge in [-0.25, -0.2) is 4.39 Å². The minimum atomic E-state index is -0.303. The molecule has 0 saturated heterocycles. The maximum absolute atomic E-state index is 13.2. The molecule has 70 valence electrons. The van der Waals surface area contributed by atoms with E-state index in [4.69, 9.17) is 4.74 Å². The Morgan fingerprint density at radius 1 is 1.38 bits per heavy atom. The number of halogens is 1. The second kappa shape index (κ2) is 3.00. The summed E-state index contributed by atoms with van der Waals surface area (Å²) in [6, 6.07) is 6.63. The van der Waals surface area contributed by atoms with Crippen LogP contribution in [0.25, 0.3) is 0 Å². The molecule has 0 spiro atoms. The van der Waals surface area contributed by atoms with E-state index in [1.807, 2.05) is 0 Å². The summed E-state index contributed by atoms with van der Waals surface area (Å²) in [5.41, 5.74) is 0.212.